The van der Waals surface area contributed by atoms with Gasteiger partial charge in [0.15, 0.2) is 0 Å². The van der Waals surface area contributed by atoms with Gasteiger partial charge in [0.1, 0.15) is 12.0 Å². The van der Waals surface area contributed by atoms with Gasteiger partial charge in [0.25, 0.3) is 5.91 Å². The third-order valence-electron chi connectivity index (χ3n) is 4.70. The Hall–Kier alpha value is -2.11. The number of benzene rings is 1. The Balaban J connectivity index is 1.56. The SMILES string of the molecule is CNCc1cc(C(=O)NC(C)c2ccc(CN3CCCC3)cc2)co1. The molecule has 2 N–H and O–H groups in total. The van der Waals surface area contributed by atoms with Crippen LogP contribution < -0.4 is 10.6 Å². The van der Waals surface area contributed by atoms with E-state index in [0.717, 1.165) is 17.9 Å². The van der Waals surface area contributed by atoms with Gasteiger partial charge in [0, 0.05) is 6.54 Å². The Kier molecular flexibility index (Phi) is 5.89. The summed E-state index contributed by atoms with van der Waals surface area (Å²) in [5, 5.41) is 6.04. The monoisotopic (exact) mass is 341 g/mol. The fourth-order valence-electron chi connectivity index (χ4n) is 3.24. The molecule has 0 spiro atoms. The zero-order valence-electron chi connectivity index (χ0n) is 15.0. The minimum atomic E-state index is -0.111. The lowest BCUT2D eigenvalue weighted by atomic mass is 10.1. The van der Waals surface area contributed by atoms with Gasteiger partial charge in [-0.05, 0) is 57.1 Å². The van der Waals surface area contributed by atoms with Gasteiger partial charge in [0.2, 0.25) is 0 Å². The summed E-state index contributed by atoms with van der Waals surface area (Å²) in [6.07, 6.45) is 4.13. The number of amides is 1. The summed E-state index contributed by atoms with van der Waals surface area (Å²) < 4.78 is 5.36. The number of nitrogens with zero attached hydrogens (tertiary/aromatic N) is 1. The summed E-state index contributed by atoms with van der Waals surface area (Å²) >= 11 is 0. The summed E-state index contributed by atoms with van der Waals surface area (Å²) in [7, 11) is 1.84. The maximum absolute atomic E-state index is 12.3. The normalized spacial score (nSPS) is 16.1. The maximum Gasteiger partial charge on any atom is 0.255 e. The third-order valence-corrected chi connectivity index (χ3v) is 4.70. The minimum Gasteiger partial charge on any atom is -0.467 e. The number of hydrogen-bond donors (Lipinski definition) is 2. The van der Waals surface area contributed by atoms with Crippen LogP contribution in [0.15, 0.2) is 41.0 Å². The molecule has 134 valence electrons. The second-order valence-electron chi connectivity index (χ2n) is 6.75. The van der Waals surface area contributed by atoms with Crippen LogP contribution in [-0.2, 0) is 13.1 Å². The zero-order valence-corrected chi connectivity index (χ0v) is 15.0. The van der Waals surface area contributed by atoms with Gasteiger partial charge in [-0.1, -0.05) is 24.3 Å². The average molecular weight is 341 g/mol. The highest BCUT2D eigenvalue weighted by Gasteiger charge is 2.15. The molecule has 1 aromatic heterocycles. The van der Waals surface area contributed by atoms with Crippen molar-refractivity contribution in [1.82, 2.24) is 15.5 Å². The smallest absolute Gasteiger partial charge is 0.255 e. The molecule has 0 aliphatic carbocycles. The standard InChI is InChI=1S/C20H27N3O2/c1-15(22-20(24)18-11-19(12-21-2)25-14-18)17-7-5-16(6-8-17)13-23-9-3-4-10-23/h5-8,11,14-15,21H,3-4,9-10,12-13H2,1-2H3,(H,22,24). The number of rotatable bonds is 7. The summed E-state index contributed by atoms with van der Waals surface area (Å²) in [5.41, 5.74) is 3.00. The summed E-state index contributed by atoms with van der Waals surface area (Å²) in [4.78, 5) is 14.8. The van der Waals surface area contributed by atoms with Crippen LogP contribution in [0, 0.1) is 0 Å². The third kappa shape index (κ3) is 4.71. The van der Waals surface area contributed by atoms with Crippen molar-refractivity contribution >= 4 is 5.91 Å². The number of hydrogen-bond acceptors (Lipinski definition) is 4. The van der Waals surface area contributed by atoms with Crippen molar-refractivity contribution in [3.8, 4) is 0 Å². The van der Waals surface area contributed by atoms with Gasteiger partial charge in [-0.2, -0.15) is 0 Å². The number of carbonyl (C=O) groups is 1. The Morgan fingerprint density at radius 3 is 2.64 bits per heavy atom. The van der Waals surface area contributed by atoms with E-state index in [-0.39, 0.29) is 11.9 Å². The molecule has 1 unspecified atom stereocenters. The molecule has 3 rings (SSSR count). The van der Waals surface area contributed by atoms with E-state index in [1.54, 1.807) is 6.07 Å². The maximum atomic E-state index is 12.3. The molecule has 25 heavy (non-hydrogen) atoms. The van der Waals surface area contributed by atoms with Gasteiger partial charge in [0.05, 0.1) is 18.2 Å². The van der Waals surface area contributed by atoms with Crippen LogP contribution in [0.25, 0.3) is 0 Å². The van der Waals surface area contributed by atoms with Crippen LogP contribution in [0.4, 0.5) is 0 Å². The lowest BCUT2D eigenvalue weighted by molar-refractivity contribution is 0.0939. The molecule has 0 saturated carbocycles. The van der Waals surface area contributed by atoms with E-state index in [4.69, 9.17) is 4.42 Å². The van der Waals surface area contributed by atoms with Gasteiger partial charge >= 0.3 is 0 Å². The predicted octanol–water partition coefficient (Wildman–Crippen LogP) is 3.09. The molecular formula is C20H27N3O2. The lowest BCUT2D eigenvalue weighted by Crippen LogP contribution is -2.26. The first-order valence-electron chi connectivity index (χ1n) is 9.00. The van der Waals surface area contributed by atoms with Crippen LogP contribution in [0.3, 0.4) is 0 Å². The van der Waals surface area contributed by atoms with Gasteiger partial charge in [-0.3, -0.25) is 9.69 Å². The largest absolute Gasteiger partial charge is 0.467 e. The van der Waals surface area contributed by atoms with Crippen LogP contribution in [-0.4, -0.2) is 30.9 Å². The summed E-state index contributed by atoms with van der Waals surface area (Å²) in [5.74, 6) is 0.645. The van der Waals surface area contributed by atoms with E-state index in [0.29, 0.717) is 12.1 Å². The highest BCUT2D eigenvalue weighted by molar-refractivity contribution is 5.94. The van der Waals surface area contributed by atoms with E-state index in [1.165, 1.54) is 37.8 Å². The average Bonchev–Trinajstić information content (AvgIpc) is 3.28. The lowest BCUT2D eigenvalue weighted by Gasteiger charge is -2.17. The van der Waals surface area contributed by atoms with Crippen molar-refractivity contribution < 1.29 is 9.21 Å². The summed E-state index contributed by atoms with van der Waals surface area (Å²) in [6.45, 7) is 6.04. The molecular weight excluding hydrogens is 314 g/mol. The van der Waals surface area contributed by atoms with E-state index in [9.17, 15) is 4.79 Å². The van der Waals surface area contributed by atoms with Gasteiger partial charge in [-0.15, -0.1) is 0 Å². The first-order chi connectivity index (χ1) is 12.2. The molecule has 0 radical (unpaired) electrons. The van der Waals surface area contributed by atoms with Crippen LogP contribution in [0.2, 0.25) is 0 Å². The minimum absolute atomic E-state index is 0.0454. The summed E-state index contributed by atoms with van der Waals surface area (Å²) in [6, 6.07) is 10.3. The van der Waals surface area contributed by atoms with E-state index in [2.05, 4.69) is 39.8 Å². The molecule has 1 amide bonds. The fourth-order valence-corrected chi connectivity index (χ4v) is 3.24. The second kappa shape index (κ2) is 8.32. The molecule has 1 saturated heterocycles. The van der Waals surface area contributed by atoms with Gasteiger partial charge in [-0.25, -0.2) is 0 Å². The fraction of sp³-hybridized carbons (Fsp3) is 0.450. The van der Waals surface area contributed by atoms with Crippen molar-refractivity contribution in [1.29, 1.82) is 0 Å². The van der Waals surface area contributed by atoms with Crippen molar-refractivity contribution in [2.24, 2.45) is 0 Å². The molecule has 5 nitrogen and oxygen atoms in total. The molecule has 1 fully saturated rings. The zero-order chi connectivity index (χ0) is 17.6. The Morgan fingerprint density at radius 1 is 1.24 bits per heavy atom. The molecule has 2 aromatic rings. The molecule has 1 aliphatic heterocycles. The van der Waals surface area contributed by atoms with E-state index in [1.807, 2.05) is 14.0 Å². The molecule has 1 aliphatic rings. The highest BCUT2D eigenvalue weighted by atomic mass is 16.3. The van der Waals surface area contributed by atoms with Gasteiger partial charge < -0.3 is 15.1 Å². The number of likely N-dealkylation sites (tertiary alicyclic amines) is 1. The van der Waals surface area contributed by atoms with Crippen molar-refractivity contribution in [3.63, 3.8) is 0 Å². The Bertz CT molecular complexity index is 687. The van der Waals surface area contributed by atoms with Crippen LogP contribution in [0.5, 0.6) is 0 Å². The molecule has 0 bridgehead atoms. The second-order valence-corrected chi connectivity index (χ2v) is 6.75. The molecule has 1 aromatic carbocycles. The van der Waals surface area contributed by atoms with E-state index < -0.39 is 0 Å². The first kappa shape index (κ1) is 17.7. The van der Waals surface area contributed by atoms with Crippen LogP contribution >= 0.6 is 0 Å². The van der Waals surface area contributed by atoms with Crippen LogP contribution in [0.1, 0.15) is 53.1 Å². The number of carbonyl (C=O) groups excluding carboxylic acids is 1. The highest BCUT2D eigenvalue weighted by Crippen LogP contribution is 2.17. The molecule has 5 heteroatoms. The number of furan rings is 1. The first-order valence-corrected chi connectivity index (χ1v) is 9.00. The topological polar surface area (TPSA) is 57.5 Å². The van der Waals surface area contributed by atoms with Crippen molar-refractivity contribution in [2.75, 3.05) is 20.1 Å². The van der Waals surface area contributed by atoms with E-state index >= 15 is 0 Å². The Labute approximate surface area is 149 Å². The predicted molar refractivity (Wildman–Crippen MR) is 98.3 cm³/mol. The number of nitrogens with one attached hydrogen (secondary N) is 2. The quantitative estimate of drug-likeness (QED) is 0.812. The molecule has 2 heterocycles. The Morgan fingerprint density at radius 2 is 1.96 bits per heavy atom. The van der Waals surface area contributed by atoms with Crippen molar-refractivity contribution in [2.45, 2.75) is 38.9 Å². The van der Waals surface area contributed by atoms with Crippen molar-refractivity contribution in [3.05, 3.63) is 59.0 Å². The molecule has 1 atom stereocenters.